The van der Waals surface area contributed by atoms with Crippen LogP contribution in [0.25, 0.3) is 0 Å². The van der Waals surface area contributed by atoms with Gasteiger partial charge in [0.05, 0.1) is 6.04 Å². The largest absolute Gasteiger partial charge is 0.452 e. The van der Waals surface area contributed by atoms with Gasteiger partial charge in [-0.05, 0) is 19.4 Å². The molecule has 0 aromatic heterocycles. The number of esters is 1. The Hall–Kier alpha value is -2.36. The highest BCUT2D eigenvalue weighted by atomic mass is 16.5. The maximum atomic E-state index is 11.6. The number of carbonyl (C=O) groups is 2. The van der Waals surface area contributed by atoms with Crippen LogP contribution >= 0.6 is 0 Å². The Kier molecular flexibility index (Phi) is 6.82. The molecular weight excluding hydrogens is 254 g/mol. The van der Waals surface area contributed by atoms with Gasteiger partial charge in [-0.2, -0.15) is 0 Å². The molecule has 0 aliphatic rings. The molecule has 0 radical (unpaired) electrons. The van der Waals surface area contributed by atoms with Gasteiger partial charge in [0.1, 0.15) is 0 Å². The summed E-state index contributed by atoms with van der Waals surface area (Å²) in [4.78, 5) is 22.9. The van der Waals surface area contributed by atoms with Crippen LogP contribution in [0.2, 0.25) is 0 Å². The zero-order chi connectivity index (χ0) is 14.8. The summed E-state index contributed by atoms with van der Waals surface area (Å²) in [6.07, 6.45) is 6.33. The topological polar surface area (TPSA) is 55.4 Å². The lowest BCUT2D eigenvalue weighted by Gasteiger charge is -2.13. The van der Waals surface area contributed by atoms with E-state index < -0.39 is 5.97 Å². The number of nitrogens with one attached hydrogen (secondary N) is 1. The predicted molar refractivity (Wildman–Crippen MR) is 77.9 cm³/mol. The van der Waals surface area contributed by atoms with E-state index in [1.165, 1.54) is 6.08 Å². The fourth-order valence-electron chi connectivity index (χ4n) is 1.54. The first-order valence-electron chi connectivity index (χ1n) is 6.44. The zero-order valence-corrected chi connectivity index (χ0v) is 11.7. The van der Waals surface area contributed by atoms with Gasteiger partial charge in [0.15, 0.2) is 6.61 Å². The summed E-state index contributed by atoms with van der Waals surface area (Å²) in [6.45, 7) is 3.44. The highest BCUT2D eigenvalue weighted by molar-refractivity contribution is 5.86. The summed E-state index contributed by atoms with van der Waals surface area (Å²) in [5.74, 6) is -0.861. The first-order chi connectivity index (χ1) is 9.63. The average molecular weight is 273 g/mol. The van der Waals surface area contributed by atoms with Crippen molar-refractivity contribution in [3.63, 3.8) is 0 Å². The van der Waals surface area contributed by atoms with Gasteiger partial charge in [0.25, 0.3) is 5.91 Å². The molecule has 0 spiro atoms. The molecule has 0 aliphatic carbocycles. The summed E-state index contributed by atoms with van der Waals surface area (Å²) >= 11 is 0. The molecule has 20 heavy (non-hydrogen) atoms. The molecule has 0 bridgehead atoms. The van der Waals surface area contributed by atoms with Crippen molar-refractivity contribution in [2.75, 3.05) is 6.61 Å². The minimum absolute atomic E-state index is 0.124. The third kappa shape index (κ3) is 6.00. The highest BCUT2D eigenvalue weighted by Gasteiger charge is 2.10. The van der Waals surface area contributed by atoms with E-state index in [1.807, 2.05) is 44.2 Å². The quantitative estimate of drug-likeness (QED) is 0.492. The third-order valence-electron chi connectivity index (χ3n) is 2.56. The van der Waals surface area contributed by atoms with E-state index in [0.717, 1.165) is 5.56 Å². The Bertz CT molecular complexity index is 492. The van der Waals surface area contributed by atoms with Gasteiger partial charge in [-0.15, -0.1) is 0 Å². The van der Waals surface area contributed by atoms with Crippen molar-refractivity contribution in [3.05, 3.63) is 60.2 Å². The second kappa shape index (κ2) is 8.69. The highest BCUT2D eigenvalue weighted by Crippen LogP contribution is 2.10. The number of hydrogen-bond donors (Lipinski definition) is 1. The van der Waals surface area contributed by atoms with Gasteiger partial charge in [-0.1, -0.05) is 48.6 Å². The summed E-state index contributed by atoms with van der Waals surface area (Å²) < 4.78 is 4.82. The molecular formula is C16H19NO3. The Balaban J connectivity index is 2.35. The van der Waals surface area contributed by atoms with Crippen LogP contribution in [-0.4, -0.2) is 18.5 Å². The Morgan fingerprint density at radius 1 is 1.25 bits per heavy atom. The van der Waals surface area contributed by atoms with Crippen LogP contribution in [-0.2, 0) is 14.3 Å². The molecule has 4 nitrogen and oxygen atoms in total. The SMILES string of the molecule is C/C=C/C=C/C(=O)OCC(=O)N[C@@H](C)c1ccccc1. The molecule has 0 aliphatic heterocycles. The van der Waals surface area contributed by atoms with Crippen LogP contribution < -0.4 is 5.32 Å². The van der Waals surface area contributed by atoms with Gasteiger partial charge >= 0.3 is 5.97 Å². The average Bonchev–Trinajstić information content (AvgIpc) is 2.46. The molecule has 0 saturated carbocycles. The first kappa shape index (κ1) is 15.7. The minimum atomic E-state index is -0.536. The lowest BCUT2D eigenvalue weighted by molar-refractivity contribution is -0.144. The molecule has 1 aromatic carbocycles. The lowest BCUT2D eigenvalue weighted by Crippen LogP contribution is -2.30. The van der Waals surface area contributed by atoms with Crippen LogP contribution in [0.15, 0.2) is 54.6 Å². The maximum absolute atomic E-state index is 11.6. The zero-order valence-electron chi connectivity index (χ0n) is 11.7. The molecule has 0 unspecified atom stereocenters. The Morgan fingerprint density at radius 3 is 2.60 bits per heavy atom. The molecule has 1 atom stereocenters. The van der Waals surface area contributed by atoms with Crippen LogP contribution in [0, 0.1) is 0 Å². The second-order valence-electron chi connectivity index (χ2n) is 4.19. The molecule has 1 N–H and O–H groups in total. The van der Waals surface area contributed by atoms with E-state index in [1.54, 1.807) is 18.2 Å². The summed E-state index contributed by atoms with van der Waals surface area (Å²) in [5, 5.41) is 2.76. The molecule has 1 aromatic rings. The molecule has 4 heteroatoms. The Morgan fingerprint density at radius 2 is 1.95 bits per heavy atom. The van der Waals surface area contributed by atoms with Gasteiger partial charge in [0.2, 0.25) is 0 Å². The van der Waals surface area contributed by atoms with Crippen molar-refractivity contribution >= 4 is 11.9 Å². The number of ether oxygens (including phenoxy) is 1. The van der Waals surface area contributed by atoms with Crippen molar-refractivity contribution in [2.45, 2.75) is 19.9 Å². The number of allylic oxidation sites excluding steroid dienone is 3. The van der Waals surface area contributed by atoms with E-state index in [-0.39, 0.29) is 18.6 Å². The number of carbonyl (C=O) groups excluding carboxylic acids is 2. The standard InChI is InChI=1S/C16H19NO3/c1-3-4-6-11-16(19)20-12-15(18)17-13(2)14-9-7-5-8-10-14/h3-11,13H,12H2,1-2H3,(H,17,18)/b4-3+,11-6+/t13-/m0/s1. The van der Waals surface area contributed by atoms with Crippen molar-refractivity contribution in [1.29, 1.82) is 0 Å². The Labute approximate surface area is 119 Å². The summed E-state index contributed by atoms with van der Waals surface area (Å²) in [7, 11) is 0. The molecule has 1 rings (SSSR count). The summed E-state index contributed by atoms with van der Waals surface area (Å²) in [6, 6.07) is 9.46. The van der Waals surface area contributed by atoms with E-state index in [0.29, 0.717) is 0 Å². The van der Waals surface area contributed by atoms with E-state index in [9.17, 15) is 9.59 Å². The summed E-state index contributed by atoms with van der Waals surface area (Å²) in [5.41, 5.74) is 1.00. The number of rotatable bonds is 6. The molecule has 0 saturated heterocycles. The van der Waals surface area contributed by atoms with Gasteiger partial charge < -0.3 is 10.1 Å². The van der Waals surface area contributed by atoms with Crippen LogP contribution in [0.5, 0.6) is 0 Å². The van der Waals surface area contributed by atoms with Crippen LogP contribution in [0.1, 0.15) is 25.5 Å². The van der Waals surface area contributed by atoms with Crippen molar-refractivity contribution in [2.24, 2.45) is 0 Å². The molecule has 0 fully saturated rings. The van der Waals surface area contributed by atoms with Crippen LogP contribution in [0.3, 0.4) is 0 Å². The number of benzene rings is 1. The van der Waals surface area contributed by atoms with Gasteiger partial charge in [-0.3, -0.25) is 4.79 Å². The van der Waals surface area contributed by atoms with Crippen molar-refractivity contribution < 1.29 is 14.3 Å². The van der Waals surface area contributed by atoms with Crippen LogP contribution in [0.4, 0.5) is 0 Å². The fraction of sp³-hybridized carbons (Fsp3) is 0.250. The molecule has 0 heterocycles. The third-order valence-corrected chi connectivity index (χ3v) is 2.56. The van der Waals surface area contributed by atoms with Crippen molar-refractivity contribution in [1.82, 2.24) is 5.32 Å². The second-order valence-corrected chi connectivity index (χ2v) is 4.19. The maximum Gasteiger partial charge on any atom is 0.331 e. The number of hydrogen-bond acceptors (Lipinski definition) is 3. The normalized spacial score (nSPS) is 12.5. The lowest BCUT2D eigenvalue weighted by atomic mass is 10.1. The van der Waals surface area contributed by atoms with E-state index >= 15 is 0 Å². The van der Waals surface area contributed by atoms with E-state index in [4.69, 9.17) is 4.74 Å². The van der Waals surface area contributed by atoms with E-state index in [2.05, 4.69) is 5.32 Å². The minimum Gasteiger partial charge on any atom is -0.452 e. The van der Waals surface area contributed by atoms with Gasteiger partial charge in [-0.25, -0.2) is 4.79 Å². The number of amides is 1. The first-order valence-corrected chi connectivity index (χ1v) is 6.44. The predicted octanol–water partition coefficient (Wildman–Crippen LogP) is 2.54. The molecule has 106 valence electrons. The smallest absolute Gasteiger partial charge is 0.331 e. The van der Waals surface area contributed by atoms with Crippen molar-refractivity contribution in [3.8, 4) is 0 Å². The molecule has 1 amide bonds. The van der Waals surface area contributed by atoms with Gasteiger partial charge in [0, 0.05) is 6.08 Å². The fourth-order valence-corrected chi connectivity index (χ4v) is 1.54. The monoisotopic (exact) mass is 273 g/mol.